The summed E-state index contributed by atoms with van der Waals surface area (Å²) >= 11 is 3.58. The zero-order valence-corrected chi connectivity index (χ0v) is 12.3. The van der Waals surface area contributed by atoms with Gasteiger partial charge in [-0.05, 0) is 11.6 Å². The number of nitrogens with zero attached hydrogens (tertiary/aromatic N) is 2. The molecule has 0 bridgehead atoms. The quantitative estimate of drug-likeness (QED) is 0.919. The molecule has 4 heteroatoms. The Morgan fingerprint density at radius 1 is 1.33 bits per heavy atom. The lowest BCUT2D eigenvalue weighted by Gasteiger charge is -2.11. The van der Waals surface area contributed by atoms with Crippen molar-refractivity contribution in [2.75, 3.05) is 0 Å². The maximum absolute atomic E-state index is 4.40. The molecule has 0 radical (unpaired) electrons. The molecule has 0 aliphatic heterocycles. The molecular weight excluding hydrogens is 290 g/mol. The molecule has 0 aliphatic rings. The summed E-state index contributed by atoms with van der Waals surface area (Å²) in [6, 6.07) is 8.76. The van der Waals surface area contributed by atoms with Gasteiger partial charge < -0.3 is 9.88 Å². The van der Waals surface area contributed by atoms with E-state index in [0.717, 1.165) is 23.4 Å². The molecule has 2 aromatic rings. The van der Waals surface area contributed by atoms with Crippen molar-refractivity contribution in [2.24, 2.45) is 0 Å². The Balaban J connectivity index is 2.10. The molecule has 0 saturated heterocycles. The molecule has 0 amide bonds. The minimum Gasteiger partial charge on any atom is -0.329 e. The number of aromatic nitrogens is 2. The second-order valence-electron chi connectivity index (χ2n) is 4.60. The Morgan fingerprint density at radius 3 is 2.83 bits per heavy atom. The van der Waals surface area contributed by atoms with E-state index in [-0.39, 0.29) is 0 Å². The summed E-state index contributed by atoms with van der Waals surface area (Å²) < 4.78 is 3.32. The number of halogens is 1. The normalized spacial score (nSPS) is 11.1. The molecule has 18 heavy (non-hydrogen) atoms. The van der Waals surface area contributed by atoms with Gasteiger partial charge in [0.1, 0.15) is 5.82 Å². The molecule has 0 fully saturated rings. The fraction of sp³-hybridized carbons (Fsp3) is 0.357. The molecule has 1 N–H and O–H groups in total. The fourth-order valence-electron chi connectivity index (χ4n) is 1.76. The third-order valence-electron chi connectivity index (χ3n) is 2.77. The average molecular weight is 308 g/mol. The first-order chi connectivity index (χ1) is 8.66. The summed E-state index contributed by atoms with van der Waals surface area (Å²) in [5, 5.41) is 3.39. The summed E-state index contributed by atoms with van der Waals surface area (Å²) in [7, 11) is 0. The first-order valence-electron chi connectivity index (χ1n) is 6.13. The molecule has 1 aromatic heterocycles. The van der Waals surface area contributed by atoms with Crippen LogP contribution in [0.4, 0.5) is 0 Å². The van der Waals surface area contributed by atoms with Crippen molar-refractivity contribution in [3.05, 3.63) is 52.5 Å². The van der Waals surface area contributed by atoms with Gasteiger partial charge in [0.25, 0.3) is 0 Å². The average Bonchev–Trinajstić information content (AvgIpc) is 2.77. The number of imidazole rings is 1. The summed E-state index contributed by atoms with van der Waals surface area (Å²) in [5.41, 5.74) is 1.27. The van der Waals surface area contributed by atoms with E-state index >= 15 is 0 Å². The van der Waals surface area contributed by atoms with Crippen LogP contribution < -0.4 is 5.32 Å². The smallest absolute Gasteiger partial charge is 0.122 e. The molecule has 1 heterocycles. The van der Waals surface area contributed by atoms with Gasteiger partial charge >= 0.3 is 0 Å². The highest BCUT2D eigenvalue weighted by atomic mass is 79.9. The van der Waals surface area contributed by atoms with E-state index in [4.69, 9.17) is 0 Å². The van der Waals surface area contributed by atoms with E-state index in [9.17, 15) is 0 Å². The van der Waals surface area contributed by atoms with Gasteiger partial charge in [-0.1, -0.05) is 48.0 Å². The van der Waals surface area contributed by atoms with Crippen LogP contribution in [0.25, 0.3) is 0 Å². The maximum atomic E-state index is 4.40. The van der Waals surface area contributed by atoms with Crippen LogP contribution in [-0.4, -0.2) is 15.6 Å². The lowest BCUT2D eigenvalue weighted by Crippen LogP contribution is -2.24. The summed E-state index contributed by atoms with van der Waals surface area (Å²) in [5.74, 6) is 1.07. The molecule has 0 aliphatic carbocycles. The van der Waals surface area contributed by atoms with E-state index < -0.39 is 0 Å². The SMILES string of the molecule is CC(C)NCc1nccn1Cc1ccccc1Br. The van der Waals surface area contributed by atoms with E-state index in [1.165, 1.54) is 5.56 Å². The van der Waals surface area contributed by atoms with Crippen LogP contribution in [0.5, 0.6) is 0 Å². The minimum absolute atomic E-state index is 0.471. The van der Waals surface area contributed by atoms with Gasteiger partial charge in [0, 0.05) is 29.5 Å². The highest BCUT2D eigenvalue weighted by Crippen LogP contribution is 2.17. The predicted octanol–water partition coefficient (Wildman–Crippen LogP) is 3.19. The Morgan fingerprint density at radius 2 is 2.11 bits per heavy atom. The lowest BCUT2D eigenvalue weighted by atomic mass is 10.2. The molecule has 2 rings (SSSR count). The first-order valence-corrected chi connectivity index (χ1v) is 6.93. The highest BCUT2D eigenvalue weighted by molar-refractivity contribution is 9.10. The maximum Gasteiger partial charge on any atom is 0.122 e. The third kappa shape index (κ3) is 3.43. The largest absolute Gasteiger partial charge is 0.329 e. The van der Waals surface area contributed by atoms with E-state index in [1.807, 2.05) is 18.5 Å². The third-order valence-corrected chi connectivity index (χ3v) is 3.54. The molecule has 0 atom stereocenters. The van der Waals surface area contributed by atoms with Crippen molar-refractivity contribution >= 4 is 15.9 Å². The van der Waals surface area contributed by atoms with Crippen molar-refractivity contribution in [3.8, 4) is 0 Å². The second-order valence-corrected chi connectivity index (χ2v) is 5.45. The zero-order valence-electron chi connectivity index (χ0n) is 10.7. The predicted molar refractivity (Wildman–Crippen MR) is 77.4 cm³/mol. The minimum atomic E-state index is 0.471. The Kier molecular flexibility index (Phi) is 4.55. The Hall–Kier alpha value is -1.13. The van der Waals surface area contributed by atoms with Crippen molar-refractivity contribution in [3.63, 3.8) is 0 Å². The van der Waals surface area contributed by atoms with Crippen LogP contribution in [0, 0.1) is 0 Å². The van der Waals surface area contributed by atoms with Gasteiger partial charge in [0.15, 0.2) is 0 Å². The van der Waals surface area contributed by atoms with Crippen LogP contribution in [-0.2, 0) is 13.1 Å². The summed E-state index contributed by atoms with van der Waals surface area (Å²) in [4.78, 5) is 4.40. The number of nitrogens with one attached hydrogen (secondary N) is 1. The van der Waals surface area contributed by atoms with E-state index in [0.29, 0.717) is 6.04 Å². The Labute approximate surface area is 116 Å². The molecule has 0 saturated carbocycles. The summed E-state index contributed by atoms with van der Waals surface area (Å²) in [6.07, 6.45) is 3.88. The second kappa shape index (κ2) is 6.16. The van der Waals surface area contributed by atoms with Gasteiger partial charge in [-0.3, -0.25) is 0 Å². The number of rotatable bonds is 5. The zero-order chi connectivity index (χ0) is 13.0. The monoisotopic (exact) mass is 307 g/mol. The molecule has 0 spiro atoms. The van der Waals surface area contributed by atoms with Crippen LogP contribution in [0.15, 0.2) is 41.1 Å². The van der Waals surface area contributed by atoms with Gasteiger partial charge in [0.05, 0.1) is 6.54 Å². The van der Waals surface area contributed by atoms with Crippen LogP contribution >= 0.6 is 15.9 Å². The highest BCUT2D eigenvalue weighted by Gasteiger charge is 2.05. The van der Waals surface area contributed by atoms with Gasteiger partial charge in [-0.15, -0.1) is 0 Å². The van der Waals surface area contributed by atoms with Crippen LogP contribution in [0.2, 0.25) is 0 Å². The lowest BCUT2D eigenvalue weighted by molar-refractivity contribution is 0.554. The van der Waals surface area contributed by atoms with Crippen LogP contribution in [0.1, 0.15) is 25.2 Å². The number of hydrogen-bond donors (Lipinski definition) is 1. The first kappa shape index (κ1) is 13.3. The Bertz CT molecular complexity index is 505. The van der Waals surface area contributed by atoms with E-state index in [2.05, 4.69) is 62.8 Å². The van der Waals surface area contributed by atoms with Crippen molar-refractivity contribution in [1.29, 1.82) is 0 Å². The number of hydrogen-bond acceptors (Lipinski definition) is 2. The molecule has 1 aromatic carbocycles. The van der Waals surface area contributed by atoms with Gasteiger partial charge in [-0.2, -0.15) is 0 Å². The molecule has 3 nitrogen and oxygen atoms in total. The molecule has 0 unspecified atom stereocenters. The van der Waals surface area contributed by atoms with Gasteiger partial charge in [-0.25, -0.2) is 4.98 Å². The summed E-state index contributed by atoms with van der Waals surface area (Å²) in [6.45, 7) is 5.92. The number of benzene rings is 1. The van der Waals surface area contributed by atoms with E-state index in [1.54, 1.807) is 0 Å². The molecular formula is C14H18BrN3. The topological polar surface area (TPSA) is 29.9 Å². The van der Waals surface area contributed by atoms with Crippen molar-refractivity contribution in [2.45, 2.75) is 33.0 Å². The fourth-order valence-corrected chi connectivity index (χ4v) is 2.17. The van der Waals surface area contributed by atoms with Gasteiger partial charge in [0.2, 0.25) is 0 Å². The molecule has 96 valence electrons. The standard InChI is InChI=1S/C14H18BrN3/c1-11(2)17-9-14-16-7-8-18(14)10-12-5-3-4-6-13(12)15/h3-8,11,17H,9-10H2,1-2H3. The van der Waals surface area contributed by atoms with Crippen molar-refractivity contribution in [1.82, 2.24) is 14.9 Å². The van der Waals surface area contributed by atoms with Crippen LogP contribution in [0.3, 0.4) is 0 Å². The van der Waals surface area contributed by atoms with Crippen molar-refractivity contribution < 1.29 is 0 Å².